The zero-order valence-electron chi connectivity index (χ0n) is 18.3. The van der Waals surface area contributed by atoms with E-state index in [0.29, 0.717) is 5.56 Å². The maximum Gasteiger partial charge on any atom is 0.405 e. The molecule has 0 spiro atoms. The van der Waals surface area contributed by atoms with Gasteiger partial charge in [0.2, 0.25) is 11.8 Å². The smallest absolute Gasteiger partial charge is 0.405 e. The number of hydrogen-bond donors (Lipinski definition) is 2. The molecule has 2 aromatic carbocycles. The molecule has 0 bridgehead atoms. The third kappa shape index (κ3) is 6.12. The Morgan fingerprint density at radius 3 is 2.44 bits per heavy atom. The van der Waals surface area contributed by atoms with Crippen molar-refractivity contribution >= 4 is 11.8 Å². The van der Waals surface area contributed by atoms with Crippen molar-refractivity contribution in [3.8, 4) is 11.6 Å². The molecule has 34 heavy (non-hydrogen) atoms. The molecule has 0 unspecified atom stereocenters. The number of para-hydroxylation sites is 1. The van der Waals surface area contributed by atoms with Gasteiger partial charge in [-0.15, -0.1) is 0 Å². The highest BCUT2D eigenvalue weighted by atomic mass is 19.4. The summed E-state index contributed by atoms with van der Waals surface area (Å²) in [6, 6.07) is 13.0. The van der Waals surface area contributed by atoms with Crippen LogP contribution >= 0.6 is 0 Å². The van der Waals surface area contributed by atoms with Gasteiger partial charge in [0.1, 0.15) is 18.0 Å². The van der Waals surface area contributed by atoms with Gasteiger partial charge in [-0.3, -0.25) is 9.59 Å². The summed E-state index contributed by atoms with van der Waals surface area (Å²) in [6.45, 7) is 0.266. The highest BCUT2D eigenvalue weighted by Gasteiger charge is 2.29. The Kier molecular flexibility index (Phi) is 7.54. The Hall–Kier alpha value is -3.89. The Labute approximate surface area is 192 Å². The fourth-order valence-corrected chi connectivity index (χ4v) is 3.32. The number of alkyl halides is 3. The zero-order valence-corrected chi connectivity index (χ0v) is 18.3. The first kappa shape index (κ1) is 24.7. The lowest BCUT2D eigenvalue weighted by Gasteiger charge is -2.20. The molecule has 11 heteroatoms. The molecule has 180 valence electrons. The molecule has 1 atom stereocenters. The summed E-state index contributed by atoms with van der Waals surface area (Å²) < 4.78 is 58.0. The van der Waals surface area contributed by atoms with E-state index in [1.165, 1.54) is 31.4 Å². The van der Waals surface area contributed by atoms with Gasteiger partial charge in [0, 0.05) is 6.07 Å². The third-order valence-electron chi connectivity index (χ3n) is 4.94. The van der Waals surface area contributed by atoms with Crippen molar-refractivity contribution in [2.24, 2.45) is 0 Å². The van der Waals surface area contributed by atoms with Crippen LogP contribution in [0.1, 0.15) is 34.1 Å². The van der Waals surface area contributed by atoms with Crippen LogP contribution in [-0.4, -0.2) is 41.4 Å². The van der Waals surface area contributed by atoms with Crippen LogP contribution in [0.15, 0.2) is 54.6 Å². The molecular formula is C23H22F4N4O3. The predicted molar refractivity (Wildman–Crippen MR) is 115 cm³/mol. The summed E-state index contributed by atoms with van der Waals surface area (Å²) in [5, 5.41) is 8.57. The van der Waals surface area contributed by atoms with Gasteiger partial charge in [0.05, 0.1) is 19.6 Å². The number of nitrogens with zero attached hydrogens (tertiary/aromatic N) is 2. The van der Waals surface area contributed by atoms with Crippen LogP contribution in [0.4, 0.5) is 17.6 Å². The average molecular weight is 478 g/mol. The number of amides is 2. The summed E-state index contributed by atoms with van der Waals surface area (Å²) in [7, 11) is 1.33. The van der Waals surface area contributed by atoms with Gasteiger partial charge in [-0.05, 0) is 30.2 Å². The normalized spacial score (nSPS) is 12.2. The highest BCUT2D eigenvalue weighted by molar-refractivity contribution is 5.93. The van der Waals surface area contributed by atoms with E-state index in [0.717, 1.165) is 10.2 Å². The minimum atomic E-state index is -4.56. The van der Waals surface area contributed by atoms with Crippen LogP contribution in [0.5, 0.6) is 5.88 Å². The Morgan fingerprint density at radius 1 is 1.12 bits per heavy atom. The fraction of sp³-hybridized carbons (Fsp3) is 0.261. The monoisotopic (exact) mass is 478 g/mol. The number of rotatable bonds is 8. The number of hydrogen-bond acceptors (Lipinski definition) is 4. The molecule has 3 rings (SSSR count). The first-order valence-corrected chi connectivity index (χ1v) is 10.2. The van der Waals surface area contributed by atoms with Crippen molar-refractivity contribution in [2.45, 2.75) is 25.6 Å². The number of benzene rings is 2. The largest absolute Gasteiger partial charge is 0.481 e. The molecule has 0 saturated heterocycles. The number of carbonyl (C=O) groups is 2. The van der Waals surface area contributed by atoms with Gasteiger partial charge < -0.3 is 15.4 Å². The molecule has 7 nitrogen and oxygen atoms in total. The molecule has 0 aliphatic rings. The van der Waals surface area contributed by atoms with E-state index >= 15 is 0 Å². The van der Waals surface area contributed by atoms with E-state index < -0.39 is 42.8 Å². The van der Waals surface area contributed by atoms with E-state index in [1.54, 1.807) is 37.3 Å². The number of nitrogens with one attached hydrogen (secondary N) is 2. The van der Waals surface area contributed by atoms with Crippen LogP contribution in [0.25, 0.3) is 5.69 Å². The van der Waals surface area contributed by atoms with Crippen molar-refractivity contribution in [1.82, 2.24) is 20.4 Å². The molecule has 0 fully saturated rings. The molecule has 0 aliphatic heterocycles. The molecule has 1 aromatic heterocycles. The topological polar surface area (TPSA) is 85.2 Å². The SMILES string of the molecule is COc1cc(C(=O)N[C@@H](CC(=O)NCC(F)(F)F)c2ccccc2C)nn1-c1ccccc1F. The zero-order chi connectivity index (χ0) is 24.9. The van der Waals surface area contributed by atoms with Crippen molar-refractivity contribution < 1.29 is 31.9 Å². The quantitative estimate of drug-likeness (QED) is 0.482. The lowest BCUT2D eigenvalue weighted by molar-refractivity contribution is -0.138. The minimum Gasteiger partial charge on any atom is -0.481 e. The summed E-state index contributed by atoms with van der Waals surface area (Å²) in [5.74, 6) is -2.11. The van der Waals surface area contributed by atoms with Gasteiger partial charge in [-0.1, -0.05) is 36.4 Å². The molecule has 2 N–H and O–H groups in total. The second-order valence-electron chi connectivity index (χ2n) is 7.41. The Morgan fingerprint density at radius 2 is 1.79 bits per heavy atom. The molecule has 0 saturated carbocycles. The summed E-state index contributed by atoms with van der Waals surface area (Å²) in [6.07, 6.45) is -5.00. The van der Waals surface area contributed by atoms with Gasteiger partial charge in [-0.25, -0.2) is 4.39 Å². The predicted octanol–water partition coefficient (Wildman–Crippen LogP) is 3.87. The third-order valence-corrected chi connectivity index (χ3v) is 4.94. The van der Waals surface area contributed by atoms with Crippen molar-refractivity contribution in [1.29, 1.82) is 0 Å². The van der Waals surface area contributed by atoms with Gasteiger partial charge in [-0.2, -0.15) is 23.0 Å². The minimum absolute atomic E-state index is 0.0559. The van der Waals surface area contributed by atoms with Crippen molar-refractivity contribution in [3.05, 3.63) is 77.2 Å². The fourth-order valence-electron chi connectivity index (χ4n) is 3.32. The second kappa shape index (κ2) is 10.4. The molecule has 0 aliphatic carbocycles. The average Bonchev–Trinajstić information content (AvgIpc) is 3.22. The standard InChI is InChI=1S/C23H22F4N4O3/c1-14-7-3-4-8-15(14)17(11-20(32)28-13-23(25,26)27)29-22(33)18-12-21(34-2)31(30-18)19-10-6-5-9-16(19)24/h3-10,12,17H,11,13H2,1-2H3,(H,28,32)(H,29,33)/t17-/m0/s1. The van der Waals surface area contributed by atoms with Crippen LogP contribution in [0.3, 0.4) is 0 Å². The van der Waals surface area contributed by atoms with E-state index in [1.807, 2.05) is 5.32 Å². The molecular weight excluding hydrogens is 456 g/mol. The maximum atomic E-state index is 14.2. The number of halogens is 4. The summed E-state index contributed by atoms with van der Waals surface area (Å²) in [4.78, 5) is 25.2. The van der Waals surface area contributed by atoms with Crippen molar-refractivity contribution in [3.63, 3.8) is 0 Å². The Balaban J connectivity index is 1.86. The van der Waals surface area contributed by atoms with E-state index in [9.17, 15) is 27.2 Å². The first-order chi connectivity index (χ1) is 16.1. The number of aryl methyl sites for hydroxylation is 1. The van der Waals surface area contributed by atoms with Crippen LogP contribution in [0.2, 0.25) is 0 Å². The molecule has 1 heterocycles. The molecule has 3 aromatic rings. The van der Waals surface area contributed by atoms with E-state index in [4.69, 9.17) is 4.74 Å². The summed E-state index contributed by atoms with van der Waals surface area (Å²) >= 11 is 0. The van der Waals surface area contributed by atoms with Crippen LogP contribution in [-0.2, 0) is 4.79 Å². The lowest BCUT2D eigenvalue weighted by Crippen LogP contribution is -2.37. The van der Waals surface area contributed by atoms with Gasteiger partial charge in [0.15, 0.2) is 5.69 Å². The van der Waals surface area contributed by atoms with E-state index in [-0.39, 0.29) is 17.3 Å². The van der Waals surface area contributed by atoms with Crippen molar-refractivity contribution in [2.75, 3.05) is 13.7 Å². The summed E-state index contributed by atoms with van der Waals surface area (Å²) in [5.41, 5.74) is 1.21. The van der Waals surface area contributed by atoms with E-state index in [2.05, 4.69) is 10.4 Å². The number of aromatic nitrogens is 2. The van der Waals surface area contributed by atoms with Gasteiger partial charge >= 0.3 is 6.18 Å². The second-order valence-corrected chi connectivity index (χ2v) is 7.41. The van der Waals surface area contributed by atoms with Crippen LogP contribution < -0.4 is 15.4 Å². The maximum absolute atomic E-state index is 14.2. The van der Waals surface area contributed by atoms with Gasteiger partial charge in [0.25, 0.3) is 5.91 Å². The highest BCUT2D eigenvalue weighted by Crippen LogP contribution is 2.24. The molecule has 0 radical (unpaired) electrons. The first-order valence-electron chi connectivity index (χ1n) is 10.2. The Bertz CT molecular complexity index is 1180. The lowest BCUT2D eigenvalue weighted by atomic mass is 9.98. The number of ether oxygens (including phenoxy) is 1. The molecule has 2 amide bonds. The number of carbonyl (C=O) groups excluding carboxylic acids is 2. The number of methoxy groups -OCH3 is 1. The van der Waals surface area contributed by atoms with Crippen LogP contribution in [0, 0.1) is 12.7 Å².